The number of amides is 2. The highest BCUT2D eigenvalue weighted by atomic mass is 35.5. The van der Waals surface area contributed by atoms with Crippen LogP contribution in [-0.2, 0) is 32.3 Å². The minimum atomic E-state index is -4.65. The number of carbonyl (C=O) groups excluding carboxylic acids is 2. The largest absolute Gasteiger partial charge is 0.416 e. The summed E-state index contributed by atoms with van der Waals surface area (Å²) in [6.45, 7) is 3.87. The van der Waals surface area contributed by atoms with Crippen molar-refractivity contribution >= 4 is 50.7 Å². The highest BCUT2D eigenvalue weighted by Crippen LogP contribution is 2.32. The number of hydrogen-bond acceptors (Lipinski definition) is 4. The van der Waals surface area contributed by atoms with Crippen molar-refractivity contribution in [3.63, 3.8) is 0 Å². The first-order valence-electron chi connectivity index (χ1n) is 12.3. The van der Waals surface area contributed by atoms with Gasteiger partial charge in [-0.05, 0) is 55.2 Å². The van der Waals surface area contributed by atoms with E-state index in [0.717, 1.165) is 28.8 Å². The molecule has 13 heteroatoms. The molecule has 0 saturated carbocycles. The van der Waals surface area contributed by atoms with Crippen molar-refractivity contribution in [2.24, 2.45) is 0 Å². The van der Waals surface area contributed by atoms with Gasteiger partial charge >= 0.3 is 6.18 Å². The van der Waals surface area contributed by atoms with Gasteiger partial charge < -0.3 is 10.2 Å². The summed E-state index contributed by atoms with van der Waals surface area (Å²) in [4.78, 5) is 27.7. The Balaban J connectivity index is 2.28. The third-order valence-corrected chi connectivity index (χ3v) is 7.69. The molecule has 2 aromatic carbocycles. The second-order valence-corrected chi connectivity index (χ2v) is 11.7. The van der Waals surface area contributed by atoms with Crippen LogP contribution in [0.5, 0.6) is 0 Å². The number of hydrogen-bond donors (Lipinski definition) is 1. The molecule has 216 valence electrons. The Morgan fingerprint density at radius 1 is 1.08 bits per heavy atom. The van der Waals surface area contributed by atoms with E-state index in [-0.39, 0.29) is 37.5 Å². The summed E-state index contributed by atoms with van der Waals surface area (Å²) in [5, 5.41) is 3.52. The normalized spacial score (nSPS) is 12.6. The first kappa shape index (κ1) is 32.7. The van der Waals surface area contributed by atoms with Crippen molar-refractivity contribution in [2.75, 3.05) is 23.7 Å². The molecule has 0 aliphatic rings. The zero-order valence-corrected chi connectivity index (χ0v) is 24.2. The lowest BCUT2D eigenvalue weighted by Gasteiger charge is -2.31. The molecule has 0 spiro atoms. The number of halogens is 5. The molecule has 2 rings (SSSR count). The number of benzene rings is 2. The summed E-state index contributed by atoms with van der Waals surface area (Å²) in [6.07, 6.45) is -2.91. The molecule has 0 heterocycles. The van der Waals surface area contributed by atoms with Gasteiger partial charge in [0.25, 0.3) is 0 Å². The van der Waals surface area contributed by atoms with Gasteiger partial charge in [0.1, 0.15) is 6.04 Å². The fraction of sp³-hybridized carbons (Fsp3) is 0.462. The number of rotatable bonds is 13. The van der Waals surface area contributed by atoms with Gasteiger partial charge in [0.15, 0.2) is 0 Å². The van der Waals surface area contributed by atoms with Crippen molar-refractivity contribution in [1.82, 2.24) is 10.2 Å². The Labute approximate surface area is 237 Å². The van der Waals surface area contributed by atoms with Gasteiger partial charge in [0.05, 0.1) is 17.5 Å². The van der Waals surface area contributed by atoms with Crippen molar-refractivity contribution < 1.29 is 31.2 Å². The third-order valence-electron chi connectivity index (χ3n) is 5.90. The van der Waals surface area contributed by atoms with Gasteiger partial charge in [-0.25, -0.2) is 8.42 Å². The molecule has 0 aromatic heterocycles. The number of carbonyl (C=O) groups is 2. The summed E-state index contributed by atoms with van der Waals surface area (Å²) in [6, 6.07) is 7.97. The summed E-state index contributed by atoms with van der Waals surface area (Å²) >= 11 is 12.3. The highest BCUT2D eigenvalue weighted by molar-refractivity contribution is 7.92. The maximum absolute atomic E-state index is 13.4. The molecule has 1 N–H and O–H groups in total. The summed E-state index contributed by atoms with van der Waals surface area (Å²) in [5.41, 5.74) is -0.576. The van der Waals surface area contributed by atoms with E-state index in [4.69, 9.17) is 23.2 Å². The number of sulfonamides is 1. The van der Waals surface area contributed by atoms with Crippen LogP contribution >= 0.6 is 23.2 Å². The molecule has 0 aliphatic carbocycles. The van der Waals surface area contributed by atoms with E-state index in [1.165, 1.54) is 17.0 Å². The molecule has 39 heavy (non-hydrogen) atoms. The molecule has 2 amide bonds. The maximum atomic E-state index is 13.4. The average molecular weight is 611 g/mol. The number of anilines is 1. The lowest BCUT2D eigenvalue weighted by Crippen LogP contribution is -2.49. The van der Waals surface area contributed by atoms with Crippen molar-refractivity contribution in [3.8, 4) is 0 Å². The van der Waals surface area contributed by atoms with E-state index >= 15 is 0 Å². The van der Waals surface area contributed by atoms with E-state index in [1.807, 2.05) is 6.92 Å². The van der Waals surface area contributed by atoms with Gasteiger partial charge in [-0.15, -0.1) is 0 Å². The summed E-state index contributed by atoms with van der Waals surface area (Å²) in [7, 11) is -3.95. The fourth-order valence-electron chi connectivity index (χ4n) is 3.96. The summed E-state index contributed by atoms with van der Waals surface area (Å²) in [5.74, 6) is -0.767. The second-order valence-electron chi connectivity index (χ2n) is 8.96. The van der Waals surface area contributed by atoms with Crippen LogP contribution in [0.4, 0.5) is 18.9 Å². The van der Waals surface area contributed by atoms with Gasteiger partial charge in [0, 0.05) is 36.1 Å². The van der Waals surface area contributed by atoms with Crippen LogP contribution in [0.1, 0.15) is 50.7 Å². The molecule has 0 saturated heterocycles. The molecule has 0 unspecified atom stereocenters. The molecule has 0 aliphatic heterocycles. The first-order valence-corrected chi connectivity index (χ1v) is 15.0. The lowest BCUT2D eigenvalue weighted by molar-refractivity contribution is -0.141. The lowest BCUT2D eigenvalue weighted by atomic mass is 10.1. The minimum absolute atomic E-state index is 0.0000120. The average Bonchev–Trinajstić information content (AvgIpc) is 2.85. The zero-order valence-electron chi connectivity index (χ0n) is 21.9. The standard InChI is InChI=1S/C26H32Cl2F3N3O4S/c1-4-13-32-25(36)23(5-2)33(17-18-11-12-20(27)16-22(18)28)24(35)10-7-14-34(39(3,37)38)21-9-6-8-19(15-21)26(29,30)31/h6,8-9,11-12,15-16,23H,4-5,7,10,13-14,17H2,1-3H3,(H,32,36)/t23-/m1/s1. The number of nitrogens with zero attached hydrogens (tertiary/aromatic N) is 2. The molecule has 7 nitrogen and oxygen atoms in total. The van der Waals surface area contributed by atoms with E-state index in [1.54, 1.807) is 19.1 Å². The van der Waals surface area contributed by atoms with E-state index in [9.17, 15) is 31.2 Å². The Morgan fingerprint density at radius 3 is 2.33 bits per heavy atom. The van der Waals surface area contributed by atoms with Crippen molar-refractivity contribution in [1.29, 1.82) is 0 Å². The Morgan fingerprint density at radius 2 is 1.77 bits per heavy atom. The van der Waals surface area contributed by atoms with Crippen molar-refractivity contribution in [2.45, 2.75) is 58.3 Å². The van der Waals surface area contributed by atoms with Crippen LogP contribution in [0, 0.1) is 0 Å². The molecule has 0 bridgehead atoms. The summed E-state index contributed by atoms with van der Waals surface area (Å²) < 4.78 is 65.2. The number of alkyl halides is 3. The third kappa shape index (κ3) is 9.58. The molecule has 0 radical (unpaired) electrons. The van der Waals surface area contributed by atoms with Crippen LogP contribution in [0.2, 0.25) is 10.0 Å². The van der Waals surface area contributed by atoms with Crippen LogP contribution in [0.15, 0.2) is 42.5 Å². The van der Waals surface area contributed by atoms with E-state index in [0.29, 0.717) is 35.0 Å². The SMILES string of the molecule is CCCNC(=O)[C@@H](CC)N(Cc1ccc(Cl)cc1Cl)C(=O)CCCN(c1cccc(C(F)(F)F)c1)S(C)(=O)=O. The predicted molar refractivity (Wildman–Crippen MR) is 147 cm³/mol. The monoisotopic (exact) mass is 609 g/mol. The zero-order chi connectivity index (χ0) is 29.4. The first-order chi connectivity index (χ1) is 18.2. The Bertz CT molecular complexity index is 1260. The van der Waals surface area contributed by atoms with E-state index < -0.39 is 33.7 Å². The smallest absolute Gasteiger partial charge is 0.354 e. The maximum Gasteiger partial charge on any atom is 0.416 e. The van der Waals surface area contributed by atoms with Crippen LogP contribution < -0.4 is 9.62 Å². The minimum Gasteiger partial charge on any atom is -0.354 e. The highest BCUT2D eigenvalue weighted by Gasteiger charge is 2.32. The molecule has 1 atom stereocenters. The van der Waals surface area contributed by atoms with E-state index in [2.05, 4.69) is 5.32 Å². The fourth-order valence-corrected chi connectivity index (χ4v) is 5.39. The molecular weight excluding hydrogens is 578 g/mol. The van der Waals surface area contributed by atoms with Gasteiger partial charge in [-0.1, -0.05) is 49.2 Å². The predicted octanol–water partition coefficient (Wildman–Crippen LogP) is 5.89. The Kier molecular flexibility index (Phi) is 11.9. The van der Waals surface area contributed by atoms with Gasteiger partial charge in [-0.3, -0.25) is 13.9 Å². The molecule has 0 fully saturated rings. The number of nitrogens with one attached hydrogen (secondary N) is 1. The van der Waals surface area contributed by atoms with Crippen LogP contribution in [0.3, 0.4) is 0 Å². The second kappa shape index (κ2) is 14.2. The van der Waals surface area contributed by atoms with Crippen LogP contribution in [0.25, 0.3) is 0 Å². The van der Waals surface area contributed by atoms with Crippen LogP contribution in [-0.4, -0.2) is 50.5 Å². The van der Waals surface area contributed by atoms with Gasteiger partial charge in [-0.2, -0.15) is 13.2 Å². The van der Waals surface area contributed by atoms with Gasteiger partial charge in [0.2, 0.25) is 21.8 Å². The quantitative estimate of drug-likeness (QED) is 0.307. The Hall–Kier alpha value is -2.50. The molecule has 2 aromatic rings. The van der Waals surface area contributed by atoms with Crippen molar-refractivity contribution in [3.05, 3.63) is 63.6 Å². The topological polar surface area (TPSA) is 86.8 Å². The molecular formula is C26H32Cl2F3N3O4S.